The van der Waals surface area contributed by atoms with Gasteiger partial charge in [0.15, 0.2) is 0 Å². The van der Waals surface area contributed by atoms with E-state index in [1.165, 1.54) is 18.4 Å². The van der Waals surface area contributed by atoms with Crippen LogP contribution in [-0.4, -0.2) is 108 Å². The molecule has 0 bridgehead atoms. The molecule has 3 aliphatic heterocycles. The molecule has 176 valence electrons. The lowest BCUT2D eigenvalue weighted by molar-refractivity contribution is -0.138. The number of carbonyl (C=O) groups excluding carboxylic acids is 1. The predicted octanol–water partition coefficient (Wildman–Crippen LogP) is 1.81. The van der Waals surface area contributed by atoms with E-state index in [-0.39, 0.29) is 18.7 Å². The molecule has 1 unspecified atom stereocenters. The first-order valence-corrected chi connectivity index (χ1v) is 11.9. The van der Waals surface area contributed by atoms with Crippen LogP contribution in [0.2, 0.25) is 0 Å². The first-order valence-electron chi connectivity index (χ1n) is 11.9. The fraction of sp³-hybridized carbons (Fsp3) is 0.667. The Balaban J connectivity index is 1.12. The summed E-state index contributed by atoms with van der Waals surface area (Å²) in [5.41, 5.74) is 1.38. The number of rotatable bonds is 9. The Morgan fingerprint density at radius 1 is 0.969 bits per heavy atom. The number of piperidine rings is 1. The van der Waals surface area contributed by atoms with Crippen LogP contribution in [0, 0.1) is 5.92 Å². The Morgan fingerprint density at radius 2 is 1.66 bits per heavy atom. The summed E-state index contributed by atoms with van der Waals surface area (Å²) in [6.45, 7) is 8.71. The maximum absolute atomic E-state index is 12.3. The Hall–Kier alpha value is -2.16. The van der Waals surface area contributed by atoms with Crippen molar-refractivity contribution < 1.29 is 19.4 Å². The van der Waals surface area contributed by atoms with Gasteiger partial charge in [0.1, 0.15) is 6.10 Å². The molecule has 0 radical (unpaired) electrons. The minimum Gasteiger partial charge on any atom is -0.480 e. The van der Waals surface area contributed by atoms with Gasteiger partial charge in [-0.25, -0.2) is 4.79 Å². The number of hydrogen-bond acceptors (Lipinski definition) is 6. The van der Waals surface area contributed by atoms with Crippen molar-refractivity contribution in [3.8, 4) is 0 Å². The molecule has 3 fully saturated rings. The van der Waals surface area contributed by atoms with Gasteiger partial charge in [-0.3, -0.25) is 19.5 Å². The molecule has 1 atom stereocenters. The standard InChI is InChI=1S/C24H36N4O4/c29-23(30)19-27-14-12-26(13-15-27)17-22-18-28(24(31)32-22)11-8-20-6-9-25(10-7-20)16-21-4-2-1-3-5-21/h1-5,20,22H,6-19H2,(H,29,30). The first-order chi connectivity index (χ1) is 15.5. The normalized spacial score (nSPS) is 24.1. The quantitative estimate of drug-likeness (QED) is 0.623. The van der Waals surface area contributed by atoms with Gasteiger partial charge in [0, 0.05) is 45.8 Å². The van der Waals surface area contributed by atoms with Gasteiger partial charge in [0.2, 0.25) is 0 Å². The van der Waals surface area contributed by atoms with Crippen LogP contribution in [0.4, 0.5) is 4.79 Å². The van der Waals surface area contributed by atoms with E-state index >= 15 is 0 Å². The molecule has 0 spiro atoms. The monoisotopic (exact) mass is 444 g/mol. The van der Waals surface area contributed by atoms with E-state index in [1.54, 1.807) is 0 Å². The van der Waals surface area contributed by atoms with Gasteiger partial charge in [0.25, 0.3) is 0 Å². The van der Waals surface area contributed by atoms with Gasteiger partial charge in [-0.05, 0) is 43.8 Å². The van der Waals surface area contributed by atoms with E-state index < -0.39 is 5.97 Å². The summed E-state index contributed by atoms with van der Waals surface area (Å²) in [5.74, 6) is -0.100. The molecule has 0 aromatic heterocycles. The zero-order valence-electron chi connectivity index (χ0n) is 18.9. The molecule has 8 heteroatoms. The van der Waals surface area contributed by atoms with Gasteiger partial charge >= 0.3 is 12.1 Å². The van der Waals surface area contributed by atoms with Crippen molar-refractivity contribution in [2.24, 2.45) is 5.92 Å². The molecule has 1 aromatic carbocycles. The number of aliphatic carboxylic acids is 1. The third-order valence-corrected chi connectivity index (χ3v) is 7.00. The van der Waals surface area contributed by atoms with E-state index in [9.17, 15) is 9.59 Å². The number of amides is 1. The van der Waals surface area contributed by atoms with E-state index in [0.717, 1.165) is 65.3 Å². The summed E-state index contributed by atoms with van der Waals surface area (Å²) in [6, 6.07) is 10.6. The largest absolute Gasteiger partial charge is 0.480 e. The highest BCUT2D eigenvalue weighted by Crippen LogP contribution is 2.23. The Labute approximate surface area is 190 Å². The van der Waals surface area contributed by atoms with Crippen molar-refractivity contribution >= 4 is 12.1 Å². The molecule has 3 saturated heterocycles. The summed E-state index contributed by atoms with van der Waals surface area (Å²) in [5, 5.41) is 8.92. The molecule has 0 aliphatic carbocycles. The second-order valence-electron chi connectivity index (χ2n) is 9.42. The molecule has 3 heterocycles. The zero-order valence-corrected chi connectivity index (χ0v) is 18.9. The summed E-state index contributed by atoms with van der Waals surface area (Å²) in [6.07, 6.45) is 3.18. The van der Waals surface area contributed by atoms with Crippen LogP contribution in [0.3, 0.4) is 0 Å². The Bertz CT molecular complexity index is 746. The SMILES string of the molecule is O=C(O)CN1CCN(CC2CN(CCC3CCN(Cc4ccccc4)CC3)C(=O)O2)CC1. The minimum atomic E-state index is -0.777. The van der Waals surface area contributed by atoms with Crippen LogP contribution in [0.15, 0.2) is 30.3 Å². The molecule has 1 amide bonds. The molecule has 32 heavy (non-hydrogen) atoms. The molecule has 1 N–H and O–H groups in total. The topological polar surface area (TPSA) is 76.6 Å². The second-order valence-corrected chi connectivity index (χ2v) is 9.42. The van der Waals surface area contributed by atoms with Crippen molar-refractivity contribution in [1.82, 2.24) is 19.6 Å². The minimum absolute atomic E-state index is 0.0822. The van der Waals surface area contributed by atoms with Crippen molar-refractivity contribution in [3.05, 3.63) is 35.9 Å². The number of carbonyl (C=O) groups is 2. The van der Waals surface area contributed by atoms with Gasteiger partial charge in [-0.2, -0.15) is 0 Å². The van der Waals surface area contributed by atoms with Crippen molar-refractivity contribution in [2.45, 2.75) is 31.9 Å². The molecule has 8 nitrogen and oxygen atoms in total. The molecular weight excluding hydrogens is 408 g/mol. The zero-order chi connectivity index (χ0) is 22.3. The lowest BCUT2D eigenvalue weighted by atomic mass is 9.93. The lowest BCUT2D eigenvalue weighted by Crippen LogP contribution is -2.50. The first kappa shape index (κ1) is 23.0. The third-order valence-electron chi connectivity index (χ3n) is 7.00. The summed E-state index contributed by atoms with van der Waals surface area (Å²) in [4.78, 5) is 31.8. The number of ether oxygens (including phenoxy) is 1. The Kier molecular flexibility index (Phi) is 8.00. The molecule has 1 aromatic rings. The van der Waals surface area contributed by atoms with Gasteiger partial charge in [-0.1, -0.05) is 30.3 Å². The predicted molar refractivity (Wildman–Crippen MR) is 121 cm³/mol. The smallest absolute Gasteiger partial charge is 0.410 e. The van der Waals surface area contributed by atoms with Gasteiger partial charge in [-0.15, -0.1) is 0 Å². The number of piperazine rings is 1. The number of carboxylic acid groups (broad SMARTS) is 1. The number of hydrogen-bond donors (Lipinski definition) is 1. The number of nitrogens with zero attached hydrogens (tertiary/aromatic N) is 4. The average molecular weight is 445 g/mol. The van der Waals surface area contributed by atoms with Crippen LogP contribution in [0.25, 0.3) is 0 Å². The van der Waals surface area contributed by atoms with Crippen LogP contribution in [0.1, 0.15) is 24.8 Å². The fourth-order valence-electron chi connectivity index (χ4n) is 5.07. The maximum atomic E-state index is 12.3. The summed E-state index contributed by atoms with van der Waals surface area (Å²) >= 11 is 0. The van der Waals surface area contributed by atoms with Gasteiger partial charge < -0.3 is 14.7 Å². The van der Waals surface area contributed by atoms with Crippen molar-refractivity contribution in [1.29, 1.82) is 0 Å². The summed E-state index contributed by atoms with van der Waals surface area (Å²) < 4.78 is 5.62. The number of benzene rings is 1. The van der Waals surface area contributed by atoms with E-state index in [0.29, 0.717) is 12.5 Å². The van der Waals surface area contributed by atoms with Crippen LogP contribution in [-0.2, 0) is 16.1 Å². The van der Waals surface area contributed by atoms with E-state index in [2.05, 4.69) is 40.1 Å². The maximum Gasteiger partial charge on any atom is 0.410 e. The highest BCUT2D eigenvalue weighted by Gasteiger charge is 2.33. The highest BCUT2D eigenvalue weighted by atomic mass is 16.6. The second kappa shape index (κ2) is 11.1. The van der Waals surface area contributed by atoms with Gasteiger partial charge in [0.05, 0.1) is 13.1 Å². The molecule has 0 saturated carbocycles. The molecule has 4 rings (SSSR count). The van der Waals surface area contributed by atoms with E-state index in [1.807, 2.05) is 9.80 Å². The average Bonchev–Trinajstić information content (AvgIpc) is 3.14. The van der Waals surface area contributed by atoms with Crippen LogP contribution < -0.4 is 0 Å². The Morgan fingerprint density at radius 3 is 2.34 bits per heavy atom. The van der Waals surface area contributed by atoms with E-state index in [4.69, 9.17) is 9.84 Å². The molecular formula is C24H36N4O4. The fourth-order valence-corrected chi connectivity index (χ4v) is 5.07. The summed E-state index contributed by atoms with van der Waals surface area (Å²) in [7, 11) is 0. The number of cyclic esters (lactones) is 1. The number of likely N-dealkylation sites (tertiary alicyclic amines) is 1. The van der Waals surface area contributed by atoms with Crippen LogP contribution in [0.5, 0.6) is 0 Å². The highest BCUT2D eigenvalue weighted by molar-refractivity contribution is 5.70. The number of carboxylic acids is 1. The van der Waals surface area contributed by atoms with Crippen LogP contribution >= 0.6 is 0 Å². The van der Waals surface area contributed by atoms with Crippen molar-refractivity contribution in [3.63, 3.8) is 0 Å². The molecule has 3 aliphatic rings. The van der Waals surface area contributed by atoms with Crippen molar-refractivity contribution in [2.75, 3.05) is 65.4 Å². The third kappa shape index (κ3) is 6.67. The lowest BCUT2D eigenvalue weighted by Gasteiger charge is -2.34.